The Kier molecular flexibility index (Phi) is 1.87. The van der Waals surface area contributed by atoms with Crippen molar-refractivity contribution in [1.29, 1.82) is 0 Å². The quantitative estimate of drug-likeness (QED) is 0.620. The summed E-state index contributed by atoms with van der Waals surface area (Å²) in [5.74, 6) is 0.867. The highest BCUT2D eigenvalue weighted by molar-refractivity contribution is 5.73. The summed E-state index contributed by atoms with van der Waals surface area (Å²) in [4.78, 5) is 10.2. The Morgan fingerprint density at radius 3 is 2.90 bits per heavy atom. The van der Waals surface area contributed by atoms with Crippen LogP contribution in [0, 0.1) is 6.92 Å². The van der Waals surface area contributed by atoms with Gasteiger partial charge in [0.2, 0.25) is 0 Å². The number of carbonyl (C=O) groups excluding carboxylic acids is 1. The molecule has 0 atom stereocenters. The molecular formula is C7H8O3. The van der Waals surface area contributed by atoms with Crippen molar-refractivity contribution in [3.05, 3.63) is 23.2 Å². The fourth-order valence-corrected chi connectivity index (χ4v) is 0.808. The average Bonchev–Trinajstić information content (AvgIpc) is 2.30. The van der Waals surface area contributed by atoms with E-state index in [4.69, 9.17) is 9.52 Å². The smallest absolute Gasteiger partial charge is 0.185 e. The molecule has 0 aliphatic carbocycles. The van der Waals surface area contributed by atoms with Gasteiger partial charge in [-0.05, 0) is 13.0 Å². The molecule has 3 heteroatoms. The molecule has 0 bridgehead atoms. The van der Waals surface area contributed by atoms with Gasteiger partial charge >= 0.3 is 0 Å². The van der Waals surface area contributed by atoms with E-state index in [1.54, 1.807) is 13.0 Å². The second-order valence-electron chi connectivity index (χ2n) is 2.02. The van der Waals surface area contributed by atoms with Gasteiger partial charge in [0, 0.05) is 5.56 Å². The molecule has 0 radical (unpaired) electrons. The molecule has 0 unspecified atom stereocenters. The molecule has 3 nitrogen and oxygen atoms in total. The molecule has 10 heavy (non-hydrogen) atoms. The summed E-state index contributed by atoms with van der Waals surface area (Å²) < 4.78 is 4.93. The minimum atomic E-state index is -0.147. The second-order valence-corrected chi connectivity index (χ2v) is 2.02. The van der Waals surface area contributed by atoms with E-state index in [1.807, 2.05) is 0 Å². The molecule has 0 fully saturated rings. The third kappa shape index (κ3) is 1.09. The first-order valence-corrected chi connectivity index (χ1v) is 2.93. The minimum Gasteiger partial charge on any atom is -0.458 e. The van der Waals surface area contributed by atoms with Gasteiger partial charge in [-0.2, -0.15) is 0 Å². The molecule has 1 N–H and O–H groups in total. The van der Waals surface area contributed by atoms with Crippen molar-refractivity contribution in [3.8, 4) is 0 Å². The predicted molar refractivity (Wildman–Crippen MR) is 34.8 cm³/mol. The fourth-order valence-electron chi connectivity index (χ4n) is 0.808. The van der Waals surface area contributed by atoms with E-state index in [0.717, 1.165) is 0 Å². The lowest BCUT2D eigenvalue weighted by Gasteiger charge is -1.85. The first kappa shape index (κ1) is 7.02. The molecular weight excluding hydrogens is 132 g/mol. The number of aliphatic hydroxyl groups is 1. The van der Waals surface area contributed by atoms with Crippen LogP contribution < -0.4 is 0 Å². The number of aldehydes is 1. The van der Waals surface area contributed by atoms with Crippen molar-refractivity contribution in [1.82, 2.24) is 0 Å². The Morgan fingerprint density at radius 2 is 2.50 bits per heavy atom. The lowest BCUT2D eigenvalue weighted by Crippen LogP contribution is -1.84. The normalized spacial score (nSPS) is 9.80. The van der Waals surface area contributed by atoms with E-state index in [-0.39, 0.29) is 12.4 Å². The highest BCUT2D eigenvalue weighted by Gasteiger charge is 2.05. The highest BCUT2D eigenvalue weighted by Crippen LogP contribution is 2.11. The third-order valence-corrected chi connectivity index (χ3v) is 1.24. The van der Waals surface area contributed by atoms with Gasteiger partial charge in [-0.15, -0.1) is 0 Å². The molecule has 0 amide bonds. The van der Waals surface area contributed by atoms with Gasteiger partial charge in [0.1, 0.15) is 5.76 Å². The number of carbonyl (C=O) groups is 1. The molecule has 1 aromatic heterocycles. The zero-order valence-electron chi connectivity index (χ0n) is 5.63. The highest BCUT2D eigenvalue weighted by atomic mass is 16.3. The zero-order valence-corrected chi connectivity index (χ0v) is 5.63. The molecule has 0 aliphatic heterocycles. The van der Waals surface area contributed by atoms with Crippen molar-refractivity contribution < 1.29 is 14.3 Å². The van der Waals surface area contributed by atoms with E-state index in [9.17, 15) is 4.79 Å². The Bertz CT molecular complexity index is 237. The van der Waals surface area contributed by atoms with Gasteiger partial charge in [0.05, 0.1) is 6.61 Å². The van der Waals surface area contributed by atoms with Gasteiger partial charge in [0.25, 0.3) is 0 Å². The van der Waals surface area contributed by atoms with E-state index in [0.29, 0.717) is 17.6 Å². The van der Waals surface area contributed by atoms with E-state index < -0.39 is 0 Å². The second kappa shape index (κ2) is 2.66. The summed E-state index contributed by atoms with van der Waals surface area (Å²) in [7, 11) is 0. The van der Waals surface area contributed by atoms with E-state index in [1.165, 1.54) is 0 Å². The van der Waals surface area contributed by atoms with Crippen molar-refractivity contribution in [2.45, 2.75) is 13.5 Å². The summed E-state index contributed by atoms with van der Waals surface area (Å²) in [6, 6.07) is 1.64. The topological polar surface area (TPSA) is 50.4 Å². The predicted octanol–water partition coefficient (Wildman–Crippen LogP) is 0.893. The van der Waals surface area contributed by atoms with E-state index >= 15 is 0 Å². The van der Waals surface area contributed by atoms with Gasteiger partial charge in [0.15, 0.2) is 12.0 Å². The average molecular weight is 140 g/mol. The Balaban J connectivity index is 3.08. The SMILES string of the molecule is Cc1cc(CO)c(C=O)o1. The maximum Gasteiger partial charge on any atom is 0.185 e. The standard InChI is InChI=1S/C7H8O3/c1-5-2-6(3-8)7(4-9)10-5/h2,4,8H,3H2,1H3. The molecule has 1 aromatic rings. The van der Waals surface area contributed by atoms with Crippen LogP contribution in [0.1, 0.15) is 21.9 Å². The van der Waals surface area contributed by atoms with Crippen molar-refractivity contribution >= 4 is 6.29 Å². The number of aryl methyl sites for hydroxylation is 1. The van der Waals surface area contributed by atoms with Crippen molar-refractivity contribution in [2.75, 3.05) is 0 Å². The number of hydrogen-bond donors (Lipinski definition) is 1. The number of rotatable bonds is 2. The Morgan fingerprint density at radius 1 is 1.80 bits per heavy atom. The first-order valence-electron chi connectivity index (χ1n) is 2.93. The molecule has 54 valence electrons. The molecule has 0 saturated carbocycles. The molecule has 0 spiro atoms. The summed E-state index contributed by atoms with van der Waals surface area (Å²) in [5, 5.41) is 8.64. The molecule has 0 saturated heterocycles. The molecule has 0 aliphatic rings. The monoisotopic (exact) mass is 140 g/mol. The third-order valence-electron chi connectivity index (χ3n) is 1.24. The van der Waals surface area contributed by atoms with Gasteiger partial charge in [-0.3, -0.25) is 4.79 Å². The number of aliphatic hydroxyl groups excluding tert-OH is 1. The van der Waals surface area contributed by atoms with Crippen molar-refractivity contribution in [2.24, 2.45) is 0 Å². The largest absolute Gasteiger partial charge is 0.458 e. The van der Waals surface area contributed by atoms with Crippen molar-refractivity contribution in [3.63, 3.8) is 0 Å². The summed E-state index contributed by atoms with van der Waals surface area (Å²) in [6.45, 7) is 1.58. The van der Waals surface area contributed by atoms with Crippen LogP contribution >= 0.6 is 0 Å². The Labute approximate surface area is 58.3 Å². The van der Waals surface area contributed by atoms with Crippen LogP contribution in [-0.4, -0.2) is 11.4 Å². The zero-order chi connectivity index (χ0) is 7.56. The summed E-state index contributed by atoms with van der Waals surface area (Å²) in [5.41, 5.74) is 0.549. The van der Waals surface area contributed by atoms with Gasteiger partial charge in [-0.1, -0.05) is 0 Å². The van der Waals surface area contributed by atoms with Gasteiger partial charge < -0.3 is 9.52 Å². The Hall–Kier alpha value is -1.09. The lowest BCUT2D eigenvalue weighted by molar-refractivity contribution is 0.109. The van der Waals surface area contributed by atoms with Crippen LogP contribution in [-0.2, 0) is 6.61 Å². The molecule has 1 heterocycles. The van der Waals surface area contributed by atoms with E-state index in [2.05, 4.69) is 0 Å². The van der Waals surface area contributed by atoms with Gasteiger partial charge in [-0.25, -0.2) is 0 Å². The number of hydrogen-bond acceptors (Lipinski definition) is 3. The maximum atomic E-state index is 10.2. The van der Waals surface area contributed by atoms with Crippen LogP contribution in [0.3, 0.4) is 0 Å². The maximum absolute atomic E-state index is 10.2. The minimum absolute atomic E-state index is 0.147. The van der Waals surface area contributed by atoms with Crippen LogP contribution in [0.2, 0.25) is 0 Å². The van der Waals surface area contributed by atoms with Crippen LogP contribution in [0.25, 0.3) is 0 Å². The first-order chi connectivity index (χ1) is 4.77. The lowest BCUT2D eigenvalue weighted by atomic mass is 10.2. The van der Waals surface area contributed by atoms with Crippen LogP contribution in [0.15, 0.2) is 10.5 Å². The van der Waals surface area contributed by atoms with Crippen LogP contribution in [0.5, 0.6) is 0 Å². The summed E-state index contributed by atoms with van der Waals surface area (Å²) >= 11 is 0. The fraction of sp³-hybridized carbons (Fsp3) is 0.286. The van der Waals surface area contributed by atoms with Crippen LogP contribution in [0.4, 0.5) is 0 Å². The molecule has 1 rings (SSSR count). The number of furan rings is 1. The summed E-state index contributed by atoms with van der Waals surface area (Å²) in [6.07, 6.45) is 0.596. The molecule has 0 aromatic carbocycles.